The van der Waals surface area contributed by atoms with Crippen molar-refractivity contribution in [3.8, 4) is 28.0 Å². The predicted octanol–water partition coefficient (Wildman–Crippen LogP) is 6.00. The van der Waals surface area contributed by atoms with E-state index in [1.165, 1.54) is 35.8 Å². The van der Waals surface area contributed by atoms with Crippen molar-refractivity contribution in [2.45, 2.75) is 6.18 Å². The van der Waals surface area contributed by atoms with Crippen LogP contribution in [0.2, 0.25) is 0 Å². The molecule has 0 saturated heterocycles. The van der Waals surface area contributed by atoms with Gasteiger partial charge in [0, 0.05) is 11.1 Å². The summed E-state index contributed by atoms with van der Waals surface area (Å²) in [5, 5.41) is 21.3. The lowest BCUT2D eigenvalue weighted by atomic mass is 9.86. The highest BCUT2D eigenvalue weighted by molar-refractivity contribution is 6.08. The van der Waals surface area contributed by atoms with E-state index < -0.39 is 17.6 Å². The lowest BCUT2D eigenvalue weighted by Gasteiger charge is -2.20. The second-order valence-electron chi connectivity index (χ2n) is 6.33. The molecule has 0 aliphatic carbocycles. The number of nitrogens with one attached hydrogen (secondary N) is 1. The molecule has 8 heteroatoms. The summed E-state index contributed by atoms with van der Waals surface area (Å²) in [4.78, 5) is 0. The maximum atomic E-state index is 13.6. The second-order valence-corrected chi connectivity index (χ2v) is 6.33. The molecule has 0 fully saturated rings. The number of hydroxylamine groups is 1. The summed E-state index contributed by atoms with van der Waals surface area (Å²) in [7, 11) is 0. The number of halogens is 4. The summed E-state index contributed by atoms with van der Waals surface area (Å²) in [5.74, 6) is -0.850. The quantitative estimate of drug-likeness (QED) is 0.212. The fraction of sp³-hybridized carbons (Fsp3) is 0.0455. The third-order valence-corrected chi connectivity index (χ3v) is 4.54. The van der Waals surface area contributed by atoms with Gasteiger partial charge in [0.2, 0.25) is 0 Å². The number of nitrogens with zero attached hydrogens (tertiary/aromatic N) is 1. The Morgan fingerprint density at radius 2 is 1.67 bits per heavy atom. The zero-order valence-electron chi connectivity index (χ0n) is 15.4. The van der Waals surface area contributed by atoms with Crippen molar-refractivity contribution >= 4 is 11.9 Å². The Morgan fingerprint density at radius 1 is 1.00 bits per heavy atom. The van der Waals surface area contributed by atoms with Crippen LogP contribution in [-0.2, 0) is 6.18 Å². The van der Waals surface area contributed by atoms with Crippen LogP contribution in [0, 0.1) is 0 Å². The Kier molecular flexibility index (Phi) is 5.89. The standard InChI is InChI=1S/C22H16F4N2O2/c1-2-13-5-3-4-6-17(13)20-18(14-7-9-16(29)10-8-14)11-15(22(23,24)25)12-19(20)21(27-26)28-30/h2-12,29-30H,1H2,(H,27,28). The first-order valence-corrected chi connectivity index (χ1v) is 8.66. The maximum absolute atomic E-state index is 13.6. The highest BCUT2D eigenvalue weighted by Crippen LogP contribution is 2.42. The summed E-state index contributed by atoms with van der Waals surface area (Å²) in [6.45, 7) is 3.72. The largest absolute Gasteiger partial charge is 0.508 e. The van der Waals surface area contributed by atoms with E-state index in [1.807, 2.05) is 0 Å². The first-order chi connectivity index (χ1) is 14.3. The smallest absolute Gasteiger partial charge is 0.416 e. The van der Waals surface area contributed by atoms with E-state index in [2.05, 4.69) is 11.8 Å². The van der Waals surface area contributed by atoms with Crippen molar-refractivity contribution in [1.29, 1.82) is 0 Å². The van der Waals surface area contributed by atoms with Gasteiger partial charge < -0.3 is 5.11 Å². The van der Waals surface area contributed by atoms with Gasteiger partial charge in [0.25, 0.3) is 0 Å². The van der Waals surface area contributed by atoms with Gasteiger partial charge in [-0.3, -0.25) is 5.21 Å². The maximum Gasteiger partial charge on any atom is 0.416 e. The molecule has 0 amide bonds. The van der Waals surface area contributed by atoms with Crippen LogP contribution in [0.25, 0.3) is 28.3 Å². The Hall–Kier alpha value is -3.65. The molecule has 3 rings (SSSR count). The monoisotopic (exact) mass is 416 g/mol. The van der Waals surface area contributed by atoms with Crippen LogP contribution in [0.5, 0.6) is 5.75 Å². The molecule has 3 N–H and O–H groups in total. The molecule has 3 aromatic rings. The van der Waals surface area contributed by atoms with Gasteiger partial charge in [-0.1, -0.05) is 58.7 Å². The summed E-state index contributed by atoms with van der Waals surface area (Å²) >= 11 is 0. The normalized spacial score (nSPS) is 12.0. The van der Waals surface area contributed by atoms with Crippen molar-refractivity contribution in [1.82, 2.24) is 5.48 Å². The minimum Gasteiger partial charge on any atom is -0.508 e. The molecule has 0 radical (unpaired) electrons. The third kappa shape index (κ3) is 4.04. The van der Waals surface area contributed by atoms with Gasteiger partial charge in [0.05, 0.1) is 5.56 Å². The zero-order chi connectivity index (χ0) is 21.9. The minimum absolute atomic E-state index is 0.0676. The van der Waals surface area contributed by atoms with E-state index >= 15 is 0 Å². The molecular formula is C22H16F4N2O2. The number of rotatable bonds is 4. The van der Waals surface area contributed by atoms with E-state index in [4.69, 9.17) is 0 Å². The lowest BCUT2D eigenvalue weighted by molar-refractivity contribution is -0.137. The van der Waals surface area contributed by atoms with Gasteiger partial charge in [0.15, 0.2) is 5.84 Å². The zero-order valence-corrected chi connectivity index (χ0v) is 15.4. The highest BCUT2D eigenvalue weighted by atomic mass is 19.4. The number of benzene rings is 3. The van der Waals surface area contributed by atoms with Crippen LogP contribution in [0.3, 0.4) is 0 Å². The van der Waals surface area contributed by atoms with E-state index in [9.17, 15) is 28.0 Å². The fourth-order valence-corrected chi connectivity index (χ4v) is 3.18. The molecule has 0 heterocycles. The van der Waals surface area contributed by atoms with Crippen LogP contribution in [0.4, 0.5) is 17.7 Å². The first-order valence-electron chi connectivity index (χ1n) is 8.66. The predicted molar refractivity (Wildman–Crippen MR) is 107 cm³/mol. The number of phenolic OH excluding ortho intramolecular Hbond substituents is 1. The van der Waals surface area contributed by atoms with Crippen LogP contribution in [0.15, 0.2) is 72.5 Å². The Labute approximate surface area is 169 Å². The Balaban J connectivity index is 2.50. The van der Waals surface area contributed by atoms with E-state index in [0.717, 1.165) is 6.07 Å². The highest BCUT2D eigenvalue weighted by Gasteiger charge is 2.33. The molecule has 154 valence electrons. The van der Waals surface area contributed by atoms with E-state index in [1.54, 1.807) is 24.3 Å². The Morgan fingerprint density at radius 3 is 2.23 bits per heavy atom. The molecule has 4 nitrogen and oxygen atoms in total. The number of phenols is 1. The summed E-state index contributed by atoms with van der Waals surface area (Å²) in [6, 6.07) is 13.9. The molecule has 3 aromatic carbocycles. The van der Waals surface area contributed by atoms with Crippen molar-refractivity contribution in [2.75, 3.05) is 0 Å². The fourth-order valence-electron chi connectivity index (χ4n) is 3.18. The summed E-state index contributed by atoms with van der Waals surface area (Å²) in [6.07, 6.45) is -3.23. The average molecular weight is 416 g/mol. The molecule has 0 atom stereocenters. The number of amidine groups is 1. The molecule has 0 saturated carbocycles. The minimum atomic E-state index is -4.74. The molecule has 0 aliphatic rings. The second kappa shape index (κ2) is 8.38. The summed E-state index contributed by atoms with van der Waals surface area (Å²) in [5.41, 5.74) is 1.84. The molecular weight excluding hydrogens is 400 g/mol. The molecule has 30 heavy (non-hydrogen) atoms. The Bertz CT molecular complexity index is 1110. The number of hydrogen-bond donors (Lipinski definition) is 3. The molecule has 0 aliphatic heterocycles. The van der Waals surface area contributed by atoms with E-state index in [0.29, 0.717) is 22.8 Å². The van der Waals surface area contributed by atoms with Gasteiger partial charge in [-0.15, -0.1) is 0 Å². The van der Waals surface area contributed by atoms with Gasteiger partial charge in [-0.25, -0.2) is 5.48 Å². The number of alkyl halides is 3. The van der Waals surface area contributed by atoms with Gasteiger partial charge >= 0.3 is 6.18 Å². The number of aromatic hydroxyl groups is 1. The molecule has 0 aromatic heterocycles. The van der Waals surface area contributed by atoms with Gasteiger partial charge in [0.1, 0.15) is 5.75 Å². The van der Waals surface area contributed by atoms with Crippen LogP contribution >= 0.6 is 0 Å². The van der Waals surface area contributed by atoms with Gasteiger partial charge in [-0.2, -0.15) is 13.2 Å². The number of hydrogen-bond acceptors (Lipinski definition) is 3. The molecule has 0 spiro atoms. The van der Waals surface area contributed by atoms with Crippen LogP contribution in [0.1, 0.15) is 16.7 Å². The third-order valence-electron chi connectivity index (χ3n) is 4.54. The van der Waals surface area contributed by atoms with Crippen molar-refractivity contribution < 1.29 is 28.0 Å². The van der Waals surface area contributed by atoms with E-state index in [-0.39, 0.29) is 22.4 Å². The topological polar surface area (TPSA) is 64.9 Å². The molecule has 0 bridgehead atoms. The van der Waals surface area contributed by atoms with Crippen LogP contribution < -0.4 is 5.48 Å². The first kappa shape index (κ1) is 21.1. The van der Waals surface area contributed by atoms with Crippen molar-refractivity contribution in [3.05, 3.63) is 83.9 Å². The van der Waals surface area contributed by atoms with Gasteiger partial charge in [-0.05, 0) is 46.5 Å². The SMILES string of the molecule is C=Cc1ccccc1-c1c(C(=NF)NO)cc(C(F)(F)F)cc1-c1ccc(O)cc1. The summed E-state index contributed by atoms with van der Waals surface area (Å²) < 4.78 is 54.1. The average Bonchev–Trinajstić information content (AvgIpc) is 2.74. The van der Waals surface area contributed by atoms with Crippen molar-refractivity contribution in [3.63, 3.8) is 0 Å². The van der Waals surface area contributed by atoms with Crippen LogP contribution in [-0.4, -0.2) is 16.1 Å². The van der Waals surface area contributed by atoms with Crippen molar-refractivity contribution in [2.24, 2.45) is 5.21 Å². The molecule has 0 unspecified atom stereocenters. The lowest BCUT2D eigenvalue weighted by Crippen LogP contribution is -2.22.